The van der Waals surface area contributed by atoms with Crippen molar-refractivity contribution < 1.29 is 9.53 Å². The Labute approximate surface area is 75.7 Å². The molecule has 1 aliphatic carbocycles. The Morgan fingerprint density at radius 2 is 2.38 bits per heavy atom. The van der Waals surface area contributed by atoms with Crippen LogP contribution in [0.4, 0.5) is 5.82 Å². The Balaban J connectivity index is 2.25. The molecule has 2 rings (SSSR count). The van der Waals surface area contributed by atoms with Crippen LogP contribution in [0.25, 0.3) is 0 Å². The molecular weight excluding hydrogens is 168 g/mol. The van der Waals surface area contributed by atoms with Gasteiger partial charge >= 0.3 is 0 Å². The molecule has 1 saturated carbocycles. The zero-order valence-electron chi connectivity index (χ0n) is 7.06. The Kier molecular flexibility index (Phi) is 1.88. The Bertz CT molecular complexity index is 334. The molecule has 1 heterocycles. The summed E-state index contributed by atoms with van der Waals surface area (Å²) in [7, 11) is 0. The van der Waals surface area contributed by atoms with E-state index in [1.807, 2.05) is 0 Å². The van der Waals surface area contributed by atoms with Gasteiger partial charge in [-0.25, -0.2) is 4.98 Å². The van der Waals surface area contributed by atoms with Crippen LogP contribution in [-0.2, 0) is 0 Å². The van der Waals surface area contributed by atoms with Crippen molar-refractivity contribution in [1.82, 2.24) is 4.98 Å². The summed E-state index contributed by atoms with van der Waals surface area (Å²) in [6.07, 6.45) is 4.61. The maximum Gasteiger partial charge on any atom is 0.153 e. The van der Waals surface area contributed by atoms with Crippen LogP contribution < -0.4 is 10.5 Å². The maximum absolute atomic E-state index is 10.6. The topological polar surface area (TPSA) is 65.2 Å². The number of aldehydes is 1. The fourth-order valence-corrected chi connectivity index (χ4v) is 1.03. The average molecular weight is 178 g/mol. The van der Waals surface area contributed by atoms with Crippen molar-refractivity contribution in [3.63, 3.8) is 0 Å². The number of hydrogen-bond acceptors (Lipinski definition) is 4. The highest BCUT2D eigenvalue weighted by Crippen LogP contribution is 2.28. The third-order valence-corrected chi connectivity index (χ3v) is 1.86. The molecule has 0 atom stereocenters. The zero-order valence-corrected chi connectivity index (χ0v) is 7.06. The van der Waals surface area contributed by atoms with E-state index < -0.39 is 0 Å². The van der Waals surface area contributed by atoms with Crippen LogP contribution in [0.2, 0.25) is 0 Å². The van der Waals surface area contributed by atoms with Gasteiger partial charge in [0.05, 0.1) is 17.9 Å². The molecule has 2 N–H and O–H groups in total. The smallest absolute Gasteiger partial charge is 0.153 e. The minimum absolute atomic E-state index is 0.268. The number of anilines is 1. The van der Waals surface area contributed by atoms with Gasteiger partial charge < -0.3 is 10.5 Å². The van der Waals surface area contributed by atoms with Crippen LogP contribution >= 0.6 is 0 Å². The van der Waals surface area contributed by atoms with Crippen LogP contribution in [0, 0.1) is 0 Å². The van der Waals surface area contributed by atoms with Gasteiger partial charge in [-0.2, -0.15) is 0 Å². The maximum atomic E-state index is 10.6. The number of carbonyl (C=O) groups excluding carboxylic acids is 1. The highest BCUT2D eigenvalue weighted by atomic mass is 16.5. The third kappa shape index (κ3) is 1.77. The van der Waals surface area contributed by atoms with Crippen molar-refractivity contribution in [1.29, 1.82) is 0 Å². The fourth-order valence-electron chi connectivity index (χ4n) is 1.03. The second-order valence-electron chi connectivity index (χ2n) is 3.08. The summed E-state index contributed by atoms with van der Waals surface area (Å²) in [6, 6.07) is 1.52. The first kappa shape index (κ1) is 8.04. The predicted octanol–water partition coefficient (Wildman–Crippen LogP) is 1.02. The number of pyridine rings is 1. The second kappa shape index (κ2) is 3.05. The molecule has 0 amide bonds. The van der Waals surface area contributed by atoms with Gasteiger partial charge in [0.15, 0.2) is 6.29 Å². The lowest BCUT2D eigenvalue weighted by Gasteiger charge is -2.06. The van der Waals surface area contributed by atoms with Crippen molar-refractivity contribution in [3.8, 4) is 5.75 Å². The van der Waals surface area contributed by atoms with E-state index in [0.717, 1.165) is 19.1 Å². The summed E-state index contributed by atoms with van der Waals surface area (Å²) in [5.74, 6) is 0.872. The lowest BCUT2D eigenvalue weighted by Crippen LogP contribution is -2.01. The quantitative estimate of drug-likeness (QED) is 0.702. The first-order chi connectivity index (χ1) is 6.29. The fraction of sp³-hybridized carbons (Fsp3) is 0.333. The first-order valence-corrected chi connectivity index (χ1v) is 4.17. The number of rotatable bonds is 3. The van der Waals surface area contributed by atoms with E-state index in [4.69, 9.17) is 10.5 Å². The number of aromatic nitrogens is 1. The lowest BCUT2D eigenvalue weighted by molar-refractivity contribution is 0.111. The lowest BCUT2D eigenvalue weighted by atomic mass is 10.2. The molecule has 68 valence electrons. The summed E-state index contributed by atoms with van der Waals surface area (Å²) in [5.41, 5.74) is 5.90. The summed E-state index contributed by atoms with van der Waals surface area (Å²) < 4.78 is 5.45. The van der Waals surface area contributed by atoms with Crippen molar-refractivity contribution >= 4 is 12.1 Å². The van der Waals surface area contributed by atoms with Crippen molar-refractivity contribution in [2.75, 3.05) is 5.73 Å². The molecule has 1 aromatic heterocycles. The normalized spacial score (nSPS) is 15.4. The summed E-state index contributed by atoms with van der Waals surface area (Å²) in [5, 5.41) is 0. The molecule has 1 fully saturated rings. The first-order valence-electron chi connectivity index (χ1n) is 4.17. The van der Waals surface area contributed by atoms with Crippen LogP contribution in [0.5, 0.6) is 5.75 Å². The highest BCUT2D eigenvalue weighted by molar-refractivity contribution is 5.80. The molecule has 4 heteroatoms. The Morgan fingerprint density at radius 3 is 3.00 bits per heavy atom. The molecule has 4 nitrogen and oxygen atoms in total. The largest absolute Gasteiger partial charge is 0.488 e. The summed E-state index contributed by atoms with van der Waals surface area (Å²) in [4.78, 5) is 14.5. The van der Waals surface area contributed by atoms with Crippen LogP contribution in [0.15, 0.2) is 12.3 Å². The van der Waals surface area contributed by atoms with Crippen LogP contribution in [0.3, 0.4) is 0 Å². The van der Waals surface area contributed by atoms with E-state index >= 15 is 0 Å². The van der Waals surface area contributed by atoms with Crippen LogP contribution in [0.1, 0.15) is 23.2 Å². The standard InChI is InChI=1S/C9H10N2O2/c10-9-3-6(5-12)8(4-11-9)13-7-1-2-7/h3-5,7H,1-2H2,(H2,10,11). The third-order valence-electron chi connectivity index (χ3n) is 1.86. The SMILES string of the molecule is Nc1cc(C=O)c(OC2CC2)cn1. The summed E-state index contributed by atoms with van der Waals surface area (Å²) >= 11 is 0. The molecule has 0 aromatic carbocycles. The second-order valence-corrected chi connectivity index (χ2v) is 3.08. The van der Waals surface area contributed by atoms with Gasteiger partial charge in [0.25, 0.3) is 0 Å². The van der Waals surface area contributed by atoms with Crippen molar-refractivity contribution in [3.05, 3.63) is 17.8 Å². The van der Waals surface area contributed by atoms with Gasteiger partial charge in [0.1, 0.15) is 11.6 Å². The Hall–Kier alpha value is -1.58. The van der Waals surface area contributed by atoms with E-state index in [2.05, 4.69) is 4.98 Å². The average Bonchev–Trinajstić information content (AvgIpc) is 2.92. The monoisotopic (exact) mass is 178 g/mol. The molecule has 0 aliphatic heterocycles. The van der Waals surface area contributed by atoms with Crippen molar-refractivity contribution in [2.45, 2.75) is 18.9 Å². The molecule has 13 heavy (non-hydrogen) atoms. The van der Waals surface area contributed by atoms with Gasteiger partial charge in [0.2, 0.25) is 0 Å². The highest BCUT2D eigenvalue weighted by Gasteiger charge is 2.24. The molecular formula is C9H10N2O2. The van der Waals surface area contributed by atoms with Crippen LogP contribution in [-0.4, -0.2) is 17.4 Å². The Morgan fingerprint density at radius 1 is 1.62 bits per heavy atom. The van der Waals surface area contributed by atoms with E-state index in [1.165, 1.54) is 12.3 Å². The van der Waals surface area contributed by atoms with E-state index in [9.17, 15) is 4.79 Å². The van der Waals surface area contributed by atoms with E-state index in [1.54, 1.807) is 0 Å². The summed E-state index contributed by atoms with van der Waals surface area (Å²) in [6.45, 7) is 0. The van der Waals surface area contributed by atoms with Gasteiger partial charge in [-0.05, 0) is 18.9 Å². The number of ether oxygens (including phenoxy) is 1. The van der Waals surface area contributed by atoms with Gasteiger partial charge in [-0.3, -0.25) is 4.79 Å². The van der Waals surface area contributed by atoms with Crippen molar-refractivity contribution in [2.24, 2.45) is 0 Å². The minimum Gasteiger partial charge on any atom is -0.488 e. The van der Waals surface area contributed by atoms with Gasteiger partial charge in [-0.15, -0.1) is 0 Å². The number of hydrogen-bond donors (Lipinski definition) is 1. The molecule has 0 bridgehead atoms. The molecule has 1 aliphatic rings. The number of carbonyl (C=O) groups is 1. The molecule has 0 spiro atoms. The number of nitrogen functional groups attached to an aromatic ring is 1. The molecule has 0 radical (unpaired) electrons. The number of nitrogens with two attached hydrogens (primary N) is 1. The molecule has 1 aromatic rings. The van der Waals surface area contributed by atoms with Gasteiger partial charge in [-0.1, -0.05) is 0 Å². The number of nitrogens with zero attached hydrogens (tertiary/aromatic N) is 1. The van der Waals surface area contributed by atoms with Gasteiger partial charge in [0, 0.05) is 0 Å². The predicted molar refractivity (Wildman–Crippen MR) is 47.7 cm³/mol. The van der Waals surface area contributed by atoms with E-state index in [0.29, 0.717) is 17.1 Å². The molecule has 0 saturated heterocycles. The van der Waals surface area contributed by atoms with E-state index in [-0.39, 0.29) is 6.10 Å². The minimum atomic E-state index is 0.268. The zero-order chi connectivity index (χ0) is 9.26. The molecule has 0 unspecified atom stereocenters.